The molecule has 0 radical (unpaired) electrons. The van der Waals surface area contributed by atoms with Crippen LogP contribution in [0, 0.1) is 0 Å². The molecule has 2 aromatic heterocycles. The number of amides is 1. The molecule has 0 unspecified atom stereocenters. The minimum atomic E-state index is -0.259. The summed E-state index contributed by atoms with van der Waals surface area (Å²) < 4.78 is 5.56. The number of pyridine rings is 2. The molecule has 0 aliphatic rings. The smallest absolute Gasteiger partial charge is 0.262 e. The van der Waals surface area contributed by atoms with Crippen molar-refractivity contribution in [3.63, 3.8) is 0 Å². The molecule has 1 amide bonds. The summed E-state index contributed by atoms with van der Waals surface area (Å²) in [7, 11) is 0. The number of hydrogen-bond acceptors (Lipinski definition) is 4. The summed E-state index contributed by atoms with van der Waals surface area (Å²) in [4.78, 5) is 20.0. The van der Waals surface area contributed by atoms with Gasteiger partial charge in [0.15, 0.2) is 6.61 Å². The molecule has 5 nitrogen and oxygen atoms in total. The zero-order valence-electron chi connectivity index (χ0n) is 11.5. The van der Waals surface area contributed by atoms with Crippen molar-refractivity contribution in [2.24, 2.45) is 0 Å². The number of anilines is 1. The van der Waals surface area contributed by atoms with Crippen LogP contribution in [0.4, 0.5) is 5.69 Å². The minimum Gasteiger partial charge on any atom is -0.481 e. The Morgan fingerprint density at radius 2 is 1.95 bits per heavy atom. The molecule has 0 bridgehead atoms. The normalized spacial score (nSPS) is 10.4. The fraction of sp³-hybridized carbons (Fsp3) is 0.0625. The first-order valence-electron chi connectivity index (χ1n) is 6.60. The third-order valence-corrected chi connectivity index (χ3v) is 3.33. The number of fused-ring (bicyclic) bond motifs is 1. The number of ether oxygens (including phenoxy) is 1. The molecule has 1 aromatic carbocycles. The molecule has 0 saturated carbocycles. The van der Waals surface area contributed by atoms with Gasteiger partial charge in [0.2, 0.25) is 0 Å². The van der Waals surface area contributed by atoms with Crippen LogP contribution in [0.15, 0.2) is 55.0 Å². The molecule has 22 heavy (non-hydrogen) atoms. The van der Waals surface area contributed by atoms with Crippen molar-refractivity contribution in [1.29, 1.82) is 0 Å². The monoisotopic (exact) mass is 313 g/mol. The van der Waals surface area contributed by atoms with E-state index in [1.165, 1.54) is 0 Å². The summed E-state index contributed by atoms with van der Waals surface area (Å²) in [6, 6.07) is 10.5. The Morgan fingerprint density at radius 3 is 2.77 bits per heavy atom. The summed E-state index contributed by atoms with van der Waals surface area (Å²) in [5.41, 5.74) is 1.30. The van der Waals surface area contributed by atoms with E-state index in [4.69, 9.17) is 16.3 Å². The average molecular weight is 314 g/mol. The van der Waals surface area contributed by atoms with Crippen molar-refractivity contribution in [2.75, 3.05) is 11.9 Å². The van der Waals surface area contributed by atoms with Crippen LogP contribution in [0.5, 0.6) is 5.75 Å². The van der Waals surface area contributed by atoms with E-state index in [-0.39, 0.29) is 12.5 Å². The van der Waals surface area contributed by atoms with Crippen molar-refractivity contribution in [2.45, 2.75) is 0 Å². The van der Waals surface area contributed by atoms with Gasteiger partial charge in [-0.15, -0.1) is 0 Å². The van der Waals surface area contributed by atoms with E-state index >= 15 is 0 Å². The summed E-state index contributed by atoms with van der Waals surface area (Å²) in [5, 5.41) is 4.10. The number of benzene rings is 1. The van der Waals surface area contributed by atoms with Crippen LogP contribution in [-0.4, -0.2) is 22.5 Å². The number of aromatic nitrogens is 2. The third kappa shape index (κ3) is 3.15. The lowest BCUT2D eigenvalue weighted by Crippen LogP contribution is -2.20. The predicted molar refractivity (Wildman–Crippen MR) is 85.1 cm³/mol. The van der Waals surface area contributed by atoms with Crippen LogP contribution < -0.4 is 10.1 Å². The van der Waals surface area contributed by atoms with Gasteiger partial charge in [-0.2, -0.15) is 0 Å². The van der Waals surface area contributed by atoms with Gasteiger partial charge in [0.05, 0.1) is 5.02 Å². The fourth-order valence-corrected chi connectivity index (χ4v) is 2.22. The van der Waals surface area contributed by atoms with E-state index in [2.05, 4.69) is 15.3 Å². The number of hydrogen-bond donors (Lipinski definition) is 1. The molecule has 110 valence electrons. The molecule has 3 rings (SSSR count). The van der Waals surface area contributed by atoms with Gasteiger partial charge in [-0.25, -0.2) is 0 Å². The van der Waals surface area contributed by atoms with Gasteiger partial charge in [-0.3, -0.25) is 14.8 Å². The molecule has 6 heteroatoms. The van der Waals surface area contributed by atoms with E-state index in [1.807, 2.05) is 6.07 Å². The number of rotatable bonds is 4. The fourth-order valence-electron chi connectivity index (χ4n) is 2.00. The average Bonchev–Trinajstić information content (AvgIpc) is 2.55. The number of carbonyl (C=O) groups excluding carboxylic acids is 1. The van der Waals surface area contributed by atoms with Crippen molar-refractivity contribution in [3.05, 3.63) is 60.0 Å². The summed E-state index contributed by atoms with van der Waals surface area (Å²) in [6.07, 6.45) is 4.86. The van der Waals surface area contributed by atoms with Crippen LogP contribution in [0.25, 0.3) is 10.9 Å². The second-order valence-electron chi connectivity index (χ2n) is 4.52. The van der Waals surface area contributed by atoms with Crippen LogP contribution in [-0.2, 0) is 4.79 Å². The van der Waals surface area contributed by atoms with Crippen LogP contribution >= 0.6 is 11.6 Å². The number of halogens is 1. The first kappa shape index (κ1) is 14.3. The Morgan fingerprint density at radius 1 is 1.14 bits per heavy atom. The van der Waals surface area contributed by atoms with Gasteiger partial charge < -0.3 is 10.1 Å². The topological polar surface area (TPSA) is 64.1 Å². The molecule has 0 saturated heterocycles. The van der Waals surface area contributed by atoms with Gasteiger partial charge in [-0.1, -0.05) is 11.6 Å². The zero-order chi connectivity index (χ0) is 15.4. The van der Waals surface area contributed by atoms with E-state index in [1.54, 1.807) is 48.9 Å². The molecule has 1 N–H and O–H groups in total. The Kier molecular flexibility index (Phi) is 4.16. The number of carbonyl (C=O) groups is 1. The molecule has 3 aromatic rings. The molecule has 0 fully saturated rings. The molecular formula is C16H12ClN3O2. The Bertz CT molecular complexity index is 809. The summed E-state index contributed by atoms with van der Waals surface area (Å²) in [5.74, 6) is 0.259. The SMILES string of the molecule is O=C(COc1ccc(Cl)c2cccnc12)Nc1ccncc1. The maximum atomic E-state index is 11.9. The lowest BCUT2D eigenvalue weighted by Gasteiger charge is -2.10. The third-order valence-electron chi connectivity index (χ3n) is 3.00. The Balaban J connectivity index is 1.72. The first-order valence-corrected chi connectivity index (χ1v) is 6.98. The Hall–Kier alpha value is -2.66. The van der Waals surface area contributed by atoms with Crippen molar-refractivity contribution >= 4 is 34.1 Å². The highest BCUT2D eigenvalue weighted by Gasteiger charge is 2.09. The van der Waals surface area contributed by atoms with Gasteiger partial charge in [-0.05, 0) is 36.4 Å². The molecule has 0 aliphatic heterocycles. The van der Waals surface area contributed by atoms with Crippen LogP contribution in [0.2, 0.25) is 5.02 Å². The van der Waals surface area contributed by atoms with Crippen molar-refractivity contribution < 1.29 is 9.53 Å². The molecular weight excluding hydrogens is 302 g/mol. The van der Waals surface area contributed by atoms with Gasteiger partial charge in [0.1, 0.15) is 11.3 Å². The second kappa shape index (κ2) is 6.41. The van der Waals surface area contributed by atoms with E-state index in [9.17, 15) is 4.79 Å². The molecule has 0 spiro atoms. The van der Waals surface area contributed by atoms with Crippen molar-refractivity contribution in [1.82, 2.24) is 9.97 Å². The Labute approximate surface area is 131 Å². The van der Waals surface area contributed by atoms with E-state index in [0.717, 1.165) is 5.39 Å². The van der Waals surface area contributed by atoms with Crippen molar-refractivity contribution in [3.8, 4) is 5.75 Å². The molecule has 0 atom stereocenters. The minimum absolute atomic E-state index is 0.115. The quantitative estimate of drug-likeness (QED) is 0.802. The van der Waals surface area contributed by atoms with Gasteiger partial charge >= 0.3 is 0 Å². The second-order valence-corrected chi connectivity index (χ2v) is 4.93. The largest absolute Gasteiger partial charge is 0.481 e. The number of nitrogens with one attached hydrogen (secondary N) is 1. The molecule has 2 heterocycles. The zero-order valence-corrected chi connectivity index (χ0v) is 12.2. The van der Waals surface area contributed by atoms with Gasteiger partial charge in [0.25, 0.3) is 5.91 Å². The van der Waals surface area contributed by atoms with Gasteiger partial charge in [0, 0.05) is 29.7 Å². The lowest BCUT2D eigenvalue weighted by molar-refractivity contribution is -0.118. The summed E-state index contributed by atoms with van der Waals surface area (Å²) >= 11 is 6.12. The standard InChI is InChI=1S/C16H12ClN3O2/c17-13-3-4-14(16-12(13)2-1-7-19-16)22-10-15(21)20-11-5-8-18-9-6-11/h1-9H,10H2,(H,18,20,21). The maximum Gasteiger partial charge on any atom is 0.262 e. The highest BCUT2D eigenvalue weighted by molar-refractivity contribution is 6.35. The van der Waals surface area contributed by atoms with Crippen LogP contribution in [0.3, 0.4) is 0 Å². The maximum absolute atomic E-state index is 11.9. The van der Waals surface area contributed by atoms with E-state index in [0.29, 0.717) is 22.0 Å². The number of nitrogens with zero attached hydrogens (tertiary/aromatic N) is 2. The molecule has 0 aliphatic carbocycles. The first-order chi connectivity index (χ1) is 10.7. The predicted octanol–water partition coefficient (Wildman–Crippen LogP) is 3.30. The lowest BCUT2D eigenvalue weighted by atomic mass is 10.2. The highest BCUT2D eigenvalue weighted by atomic mass is 35.5. The highest BCUT2D eigenvalue weighted by Crippen LogP contribution is 2.29. The van der Waals surface area contributed by atoms with Crippen LogP contribution in [0.1, 0.15) is 0 Å². The summed E-state index contributed by atoms with van der Waals surface area (Å²) in [6.45, 7) is -0.115. The van der Waals surface area contributed by atoms with E-state index < -0.39 is 0 Å².